The van der Waals surface area contributed by atoms with E-state index in [2.05, 4.69) is 0 Å². The van der Waals surface area contributed by atoms with Gasteiger partial charge in [0.05, 0.1) is 11.9 Å². The van der Waals surface area contributed by atoms with E-state index in [4.69, 9.17) is 0 Å². The number of aryl methyl sites for hydroxylation is 1. The summed E-state index contributed by atoms with van der Waals surface area (Å²) in [6, 6.07) is 3.15. The van der Waals surface area contributed by atoms with Crippen LogP contribution in [0.25, 0.3) is 0 Å². The van der Waals surface area contributed by atoms with Gasteiger partial charge in [0, 0.05) is 12.1 Å². The van der Waals surface area contributed by atoms with Crippen molar-refractivity contribution < 1.29 is 12.8 Å². The van der Waals surface area contributed by atoms with Crippen molar-refractivity contribution in [2.24, 2.45) is 0 Å². The van der Waals surface area contributed by atoms with E-state index in [0.717, 1.165) is 11.8 Å². The van der Waals surface area contributed by atoms with Crippen LogP contribution in [0.2, 0.25) is 0 Å². The van der Waals surface area contributed by atoms with Gasteiger partial charge >= 0.3 is 0 Å². The first-order valence-electron chi connectivity index (χ1n) is 4.66. The first kappa shape index (κ1) is 10.4. The summed E-state index contributed by atoms with van der Waals surface area (Å²) in [7, 11) is -3.28. The highest BCUT2D eigenvalue weighted by Crippen LogP contribution is 2.32. The lowest BCUT2D eigenvalue weighted by Crippen LogP contribution is -2.27. The van der Waals surface area contributed by atoms with Crippen molar-refractivity contribution in [3.05, 3.63) is 29.1 Å². The summed E-state index contributed by atoms with van der Waals surface area (Å²) in [5, 5.41) is 0. The molecule has 0 amide bonds. The molecular weight excluding hydrogens is 217 g/mol. The van der Waals surface area contributed by atoms with E-state index in [0.29, 0.717) is 24.2 Å². The summed E-state index contributed by atoms with van der Waals surface area (Å²) >= 11 is 0. The summed E-state index contributed by atoms with van der Waals surface area (Å²) in [4.78, 5) is 0. The van der Waals surface area contributed by atoms with E-state index in [9.17, 15) is 12.8 Å². The quantitative estimate of drug-likeness (QED) is 0.731. The fourth-order valence-electron chi connectivity index (χ4n) is 1.90. The highest BCUT2D eigenvalue weighted by atomic mass is 32.2. The molecule has 0 radical (unpaired) electrons. The normalized spacial score (nSPS) is 15.5. The summed E-state index contributed by atoms with van der Waals surface area (Å²) < 4.78 is 37.6. The van der Waals surface area contributed by atoms with Crippen molar-refractivity contribution in [3.8, 4) is 0 Å². The fraction of sp³-hybridized carbons (Fsp3) is 0.400. The van der Waals surface area contributed by atoms with Crippen molar-refractivity contribution in [1.82, 2.24) is 0 Å². The molecule has 0 spiro atoms. The average Bonchev–Trinajstić information content (AvgIpc) is 2.45. The van der Waals surface area contributed by atoms with Crippen molar-refractivity contribution in [2.75, 3.05) is 17.1 Å². The second-order valence-corrected chi connectivity index (χ2v) is 5.74. The molecule has 0 saturated carbocycles. The molecule has 1 aliphatic rings. The Bertz CT molecular complexity index is 510. The van der Waals surface area contributed by atoms with Gasteiger partial charge in [-0.2, -0.15) is 0 Å². The lowest BCUT2D eigenvalue weighted by molar-refractivity contribution is 0.598. The second-order valence-electron chi connectivity index (χ2n) is 3.83. The highest BCUT2D eigenvalue weighted by Gasteiger charge is 2.28. The Morgan fingerprint density at radius 1 is 1.40 bits per heavy atom. The van der Waals surface area contributed by atoms with Crippen LogP contribution in [0.1, 0.15) is 11.1 Å². The van der Waals surface area contributed by atoms with Gasteiger partial charge in [-0.3, -0.25) is 4.31 Å². The first-order chi connectivity index (χ1) is 6.89. The molecule has 1 heterocycles. The van der Waals surface area contributed by atoms with Crippen molar-refractivity contribution in [1.29, 1.82) is 0 Å². The van der Waals surface area contributed by atoms with Crippen molar-refractivity contribution >= 4 is 15.7 Å². The molecular formula is C10H12FNO2S. The summed E-state index contributed by atoms with van der Waals surface area (Å²) in [5.41, 5.74) is 1.74. The van der Waals surface area contributed by atoms with E-state index in [-0.39, 0.29) is 5.82 Å². The number of anilines is 1. The third-order valence-corrected chi connectivity index (χ3v) is 3.73. The Kier molecular flexibility index (Phi) is 2.22. The molecule has 15 heavy (non-hydrogen) atoms. The summed E-state index contributed by atoms with van der Waals surface area (Å²) in [5.74, 6) is -0.309. The van der Waals surface area contributed by atoms with Gasteiger partial charge in [-0.25, -0.2) is 12.8 Å². The van der Waals surface area contributed by atoms with Gasteiger partial charge in [0.25, 0.3) is 0 Å². The van der Waals surface area contributed by atoms with Gasteiger partial charge in [-0.1, -0.05) is 0 Å². The number of halogens is 1. The maximum atomic E-state index is 13.5. The summed E-state index contributed by atoms with van der Waals surface area (Å²) in [6.07, 6.45) is 1.59. The molecule has 0 unspecified atom stereocenters. The van der Waals surface area contributed by atoms with Crippen LogP contribution in [-0.4, -0.2) is 21.2 Å². The number of hydrogen-bond donors (Lipinski definition) is 0. The molecule has 2 rings (SSSR count). The zero-order valence-electron chi connectivity index (χ0n) is 8.62. The Balaban J connectivity index is 2.61. The van der Waals surface area contributed by atoms with Crippen LogP contribution < -0.4 is 4.31 Å². The van der Waals surface area contributed by atoms with Gasteiger partial charge in [-0.05, 0) is 31.0 Å². The van der Waals surface area contributed by atoms with Crippen LogP contribution in [0.5, 0.6) is 0 Å². The van der Waals surface area contributed by atoms with Gasteiger partial charge in [-0.15, -0.1) is 0 Å². The lowest BCUT2D eigenvalue weighted by atomic mass is 10.1. The molecule has 0 bridgehead atoms. The van der Waals surface area contributed by atoms with Crippen LogP contribution in [-0.2, 0) is 16.4 Å². The smallest absolute Gasteiger partial charge is 0.232 e. The molecule has 0 saturated heterocycles. The number of rotatable bonds is 1. The van der Waals surface area contributed by atoms with E-state index >= 15 is 0 Å². The SMILES string of the molecule is Cc1cc(F)c2c(c1)N(S(C)(=O)=O)CC2. The third-order valence-electron chi connectivity index (χ3n) is 2.55. The molecule has 82 valence electrons. The van der Waals surface area contributed by atoms with Crippen LogP contribution in [0.3, 0.4) is 0 Å². The molecule has 0 N–H and O–H groups in total. The van der Waals surface area contributed by atoms with Crippen LogP contribution in [0, 0.1) is 12.7 Å². The van der Waals surface area contributed by atoms with Crippen LogP contribution in [0.4, 0.5) is 10.1 Å². The highest BCUT2D eigenvalue weighted by molar-refractivity contribution is 7.92. The maximum Gasteiger partial charge on any atom is 0.232 e. The first-order valence-corrected chi connectivity index (χ1v) is 6.51. The minimum atomic E-state index is -3.28. The molecule has 1 aliphatic heterocycles. The number of hydrogen-bond acceptors (Lipinski definition) is 2. The number of fused-ring (bicyclic) bond motifs is 1. The molecule has 3 nitrogen and oxygen atoms in total. The Morgan fingerprint density at radius 3 is 2.67 bits per heavy atom. The fourth-order valence-corrected chi connectivity index (χ4v) is 2.85. The Hall–Kier alpha value is -1.10. The lowest BCUT2D eigenvalue weighted by Gasteiger charge is -2.16. The van der Waals surface area contributed by atoms with Crippen LogP contribution >= 0.6 is 0 Å². The molecule has 0 atom stereocenters. The van der Waals surface area contributed by atoms with E-state index in [1.54, 1.807) is 13.0 Å². The third kappa shape index (κ3) is 1.71. The van der Waals surface area contributed by atoms with E-state index in [1.165, 1.54) is 10.4 Å². The summed E-state index contributed by atoms with van der Waals surface area (Å²) in [6.45, 7) is 2.09. The Labute approximate surface area is 88.6 Å². The number of sulfonamides is 1. The molecule has 0 aromatic heterocycles. The van der Waals surface area contributed by atoms with Gasteiger partial charge in [0.1, 0.15) is 5.82 Å². The van der Waals surface area contributed by atoms with Crippen molar-refractivity contribution in [2.45, 2.75) is 13.3 Å². The Morgan fingerprint density at radius 2 is 2.07 bits per heavy atom. The maximum absolute atomic E-state index is 13.5. The monoisotopic (exact) mass is 229 g/mol. The topological polar surface area (TPSA) is 37.4 Å². The predicted molar refractivity (Wildman–Crippen MR) is 57.0 cm³/mol. The number of benzene rings is 1. The van der Waals surface area contributed by atoms with E-state index < -0.39 is 10.0 Å². The van der Waals surface area contributed by atoms with Gasteiger partial charge in [0.15, 0.2) is 0 Å². The zero-order valence-corrected chi connectivity index (χ0v) is 9.44. The average molecular weight is 229 g/mol. The largest absolute Gasteiger partial charge is 0.270 e. The molecule has 1 aromatic carbocycles. The standard InChI is InChI=1S/C10H12FNO2S/c1-7-5-9(11)8-3-4-12(10(8)6-7)15(2,13)14/h5-6H,3-4H2,1-2H3. The van der Waals surface area contributed by atoms with E-state index in [1.807, 2.05) is 0 Å². The van der Waals surface area contributed by atoms with Crippen molar-refractivity contribution in [3.63, 3.8) is 0 Å². The second kappa shape index (κ2) is 3.20. The predicted octanol–water partition coefficient (Wildman–Crippen LogP) is 1.46. The zero-order chi connectivity index (χ0) is 11.2. The molecule has 0 aliphatic carbocycles. The molecule has 1 aromatic rings. The van der Waals surface area contributed by atoms with Gasteiger partial charge < -0.3 is 0 Å². The number of nitrogens with zero attached hydrogens (tertiary/aromatic N) is 1. The molecule has 0 fully saturated rings. The minimum Gasteiger partial charge on any atom is -0.270 e. The minimum absolute atomic E-state index is 0.309. The van der Waals surface area contributed by atoms with Gasteiger partial charge in [0.2, 0.25) is 10.0 Å². The van der Waals surface area contributed by atoms with Crippen LogP contribution in [0.15, 0.2) is 12.1 Å². The molecule has 5 heteroatoms.